The molecule has 3 aliphatic heterocycles. The predicted octanol–water partition coefficient (Wildman–Crippen LogP) is 3.71. The zero-order valence-electron chi connectivity index (χ0n) is 23.1. The van der Waals surface area contributed by atoms with Gasteiger partial charge in [0.1, 0.15) is 40.4 Å². The van der Waals surface area contributed by atoms with Crippen molar-refractivity contribution >= 4 is 39.5 Å². The molecule has 7 rings (SSSR count). The largest absolute Gasteiger partial charge is 0.480 e. The smallest absolute Gasteiger partial charge is 0.326 e. The zero-order valence-corrected chi connectivity index (χ0v) is 23.1. The third-order valence-electron chi connectivity index (χ3n) is 8.10. The summed E-state index contributed by atoms with van der Waals surface area (Å²) in [5.74, 6) is 2.52. The molecule has 1 aromatic carbocycles. The lowest BCUT2D eigenvalue weighted by Crippen LogP contribution is -2.63. The van der Waals surface area contributed by atoms with E-state index in [1.54, 1.807) is 18.0 Å². The molecule has 3 fully saturated rings. The summed E-state index contributed by atoms with van der Waals surface area (Å²) in [6, 6.07) is 4.95. The molecule has 0 saturated carbocycles. The highest BCUT2D eigenvalue weighted by molar-refractivity contribution is 6.06. The number of fused-ring (bicyclic) bond motifs is 3. The van der Waals surface area contributed by atoms with Crippen molar-refractivity contribution in [1.82, 2.24) is 15.0 Å². The standard InChI is InChI=1S/C30H27F2N5O6/c1-3-17-8-21(36-6-7-41-30(13-36)14-40-15-30)28(33-11-17)42-19-10-22(29(38)39)37(12-19)27-25-24(34-16(2)35-27)20-5-4-18(26(31)32)9-23(20)43-25/h1,4-5,8-9,11,19,22,26H,6-7,10,12-15H2,2H3,(H,38,39)/t19-,22-/m0/s1. The van der Waals surface area contributed by atoms with Gasteiger partial charge in [0.15, 0.2) is 11.4 Å². The Morgan fingerprint density at radius 3 is 2.84 bits per heavy atom. The number of ether oxygens (including phenoxy) is 3. The van der Waals surface area contributed by atoms with Crippen LogP contribution in [0.3, 0.4) is 0 Å². The van der Waals surface area contributed by atoms with E-state index < -0.39 is 24.5 Å². The Labute approximate surface area is 244 Å². The number of anilines is 2. The number of benzene rings is 1. The van der Waals surface area contributed by atoms with E-state index in [9.17, 15) is 18.7 Å². The van der Waals surface area contributed by atoms with Crippen LogP contribution in [0.25, 0.3) is 22.1 Å². The maximum Gasteiger partial charge on any atom is 0.326 e. The third kappa shape index (κ3) is 4.76. The number of carboxylic acid groups (broad SMARTS) is 1. The molecule has 4 aromatic rings. The number of terminal acetylenes is 1. The van der Waals surface area contributed by atoms with E-state index in [1.807, 2.05) is 6.07 Å². The molecule has 1 spiro atoms. The molecule has 0 bridgehead atoms. The predicted molar refractivity (Wildman–Crippen MR) is 151 cm³/mol. The lowest BCUT2D eigenvalue weighted by atomic mass is 9.99. The van der Waals surface area contributed by atoms with Crippen LogP contribution in [-0.2, 0) is 14.3 Å². The molecule has 0 amide bonds. The molecular formula is C30H27F2N5O6. The Hall–Kier alpha value is -4.54. The first-order chi connectivity index (χ1) is 20.7. The topological polar surface area (TPSA) is 123 Å². The van der Waals surface area contributed by atoms with Crippen LogP contribution in [0.4, 0.5) is 20.3 Å². The molecule has 0 radical (unpaired) electrons. The molecule has 43 heavy (non-hydrogen) atoms. The van der Waals surface area contributed by atoms with E-state index in [2.05, 4.69) is 25.8 Å². The number of aryl methyl sites for hydroxylation is 1. The van der Waals surface area contributed by atoms with Gasteiger partial charge in [0.2, 0.25) is 5.88 Å². The molecule has 11 nitrogen and oxygen atoms in total. The number of hydrogen-bond acceptors (Lipinski definition) is 10. The van der Waals surface area contributed by atoms with E-state index in [-0.39, 0.29) is 41.1 Å². The van der Waals surface area contributed by atoms with Crippen LogP contribution in [0.5, 0.6) is 5.88 Å². The van der Waals surface area contributed by atoms with Gasteiger partial charge >= 0.3 is 5.97 Å². The lowest BCUT2D eigenvalue weighted by molar-refractivity contribution is -0.211. The average molecular weight is 592 g/mol. The number of hydrogen-bond donors (Lipinski definition) is 1. The van der Waals surface area contributed by atoms with Gasteiger partial charge < -0.3 is 33.5 Å². The van der Waals surface area contributed by atoms with E-state index in [0.717, 1.165) is 0 Å². The Morgan fingerprint density at radius 2 is 2.12 bits per heavy atom. The van der Waals surface area contributed by atoms with E-state index in [1.165, 1.54) is 18.2 Å². The second-order valence-electron chi connectivity index (χ2n) is 11.1. The highest BCUT2D eigenvalue weighted by Gasteiger charge is 2.45. The van der Waals surface area contributed by atoms with Gasteiger partial charge in [-0.2, -0.15) is 0 Å². The molecule has 3 saturated heterocycles. The molecule has 0 aliphatic carbocycles. The average Bonchev–Trinajstić information content (AvgIpc) is 3.57. The van der Waals surface area contributed by atoms with Crippen molar-refractivity contribution in [3.05, 3.63) is 47.4 Å². The normalized spacial score (nSPS) is 21.5. The number of rotatable bonds is 6. The summed E-state index contributed by atoms with van der Waals surface area (Å²) in [6.07, 6.45) is 4.10. The number of morpholine rings is 1. The quantitative estimate of drug-likeness (QED) is 0.330. The first-order valence-electron chi connectivity index (χ1n) is 13.8. The number of aliphatic carboxylic acids is 1. The van der Waals surface area contributed by atoms with Gasteiger partial charge in [0.25, 0.3) is 6.43 Å². The van der Waals surface area contributed by atoms with Crippen molar-refractivity contribution < 1.29 is 37.3 Å². The Balaban J connectivity index is 1.22. The highest BCUT2D eigenvalue weighted by atomic mass is 19.3. The van der Waals surface area contributed by atoms with Crippen LogP contribution in [0.15, 0.2) is 34.9 Å². The second-order valence-corrected chi connectivity index (χ2v) is 11.1. The van der Waals surface area contributed by atoms with Gasteiger partial charge in [0, 0.05) is 35.7 Å². The van der Waals surface area contributed by atoms with Gasteiger partial charge in [-0.05, 0) is 25.1 Å². The van der Waals surface area contributed by atoms with Crippen molar-refractivity contribution in [2.75, 3.05) is 49.3 Å². The van der Waals surface area contributed by atoms with E-state index in [4.69, 9.17) is 25.1 Å². The molecular weight excluding hydrogens is 564 g/mol. The molecule has 6 heterocycles. The number of nitrogens with zero attached hydrogens (tertiary/aromatic N) is 5. The number of pyridine rings is 1. The van der Waals surface area contributed by atoms with Gasteiger partial charge in [-0.3, -0.25) is 0 Å². The van der Waals surface area contributed by atoms with E-state index in [0.29, 0.717) is 66.8 Å². The van der Waals surface area contributed by atoms with Crippen LogP contribution < -0.4 is 14.5 Å². The van der Waals surface area contributed by atoms with Crippen LogP contribution in [0, 0.1) is 19.3 Å². The summed E-state index contributed by atoms with van der Waals surface area (Å²) in [6.45, 7) is 4.50. The fraction of sp³-hybridized carbons (Fsp3) is 0.400. The number of furan rings is 1. The number of alkyl halides is 2. The molecule has 222 valence electrons. The van der Waals surface area contributed by atoms with Crippen molar-refractivity contribution in [3.8, 4) is 18.2 Å². The monoisotopic (exact) mass is 591 g/mol. The minimum atomic E-state index is -2.67. The first-order valence-corrected chi connectivity index (χ1v) is 13.8. The van der Waals surface area contributed by atoms with Crippen molar-refractivity contribution in [3.63, 3.8) is 0 Å². The summed E-state index contributed by atoms with van der Waals surface area (Å²) in [5.41, 5.74) is 1.56. The van der Waals surface area contributed by atoms with Gasteiger partial charge in [0.05, 0.1) is 32.9 Å². The summed E-state index contributed by atoms with van der Waals surface area (Å²) in [7, 11) is 0. The molecule has 3 aromatic heterocycles. The molecule has 0 unspecified atom stereocenters. The summed E-state index contributed by atoms with van der Waals surface area (Å²) < 4.78 is 50.5. The third-order valence-corrected chi connectivity index (χ3v) is 8.10. The fourth-order valence-electron chi connectivity index (χ4n) is 5.98. The van der Waals surface area contributed by atoms with Crippen LogP contribution in [0.1, 0.15) is 29.8 Å². The number of halogens is 2. The maximum atomic E-state index is 13.4. The van der Waals surface area contributed by atoms with Crippen molar-refractivity contribution in [1.29, 1.82) is 0 Å². The van der Waals surface area contributed by atoms with Gasteiger partial charge in [-0.15, -0.1) is 6.42 Å². The summed E-state index contributed by atoms with van der Waals surface area (Å²) in [4.78, 5) is 29.7. The van der Waals surface area contributed by atoms with E-state index >= 15 is 0 Å². The van der Waals surface area contributed by atoms with Crippen LogP contribution >= 0.6 is 0 Å². The molecule has 2 atom stereocenters. The first kappa shape index (κ1) is 27.3. The van der Waals surface area contributed by atoms with Gasteiger partial charge in [-0.25, -0.2) is 28.5 Å². The van der Waals surface area contributed by atoms with Crippen LogP contribution in [-0.4, -0.2) is 83.2 Å². The second kappa shape index (κ2) is 10.3. The zero-order chi connectivity index (χ0) is 29.9. The maximum absolute atomic E-state index is 13.4. The number of carboxylic acids is 1. The Kier molecular flexibility index (Phi) is 6.55. The number of carbonyl (C=O) groups is 1. The molecule has 13 heteroatoms. The lowest BCUT2D eigenvalue weighted by Gasteiger charge is -2.48. The summed E-state index contributed by atoms with van der Waals surface area (Å²) >= 11 is 0. The highest BCUT2D eigenvalue weighted by Crippen LogP contribution is 2.39. The Morgan fingerprint density at radius 1 is 1.28 bits per heavy atom. The van der Waals surface area contributed by atoms with Crippen LogP contribution in [0.2, 0.25) is 0 Å². The Bertz CT molecular complexity index is 1780. The van der Waals surface area contributed by atoms with Gasteiger partial charge in [-0.1, -0.05) is 12.0 Å². The SMILES string of the molecule is C#Cc1cnc(O[C@H]2C[C@@H](C(=O)O)N(c3nc(C)nc4c3oc3cc(C(F)F)ccc34)C2)c(N2CCOC3(COC3)C2)c1. The van der Waals surface area contributed by atoms with Crippen molar-refractivity contribution in [2.24, 2.45) is 0 Å². The van der Waals surface area contributed by atoms with Crippen molar-refractivity contribution in [2.45, 2.75) is 37.5 Å². The summed E-state index contributed by atoms with van der Waals surface area (Å²) in [5, 5.41) is 10.7. The minimum absolute atomic E-state index is 0.133. The molecule has 3 aliphatic rings. The minimum Gasteiger partial charge on any atom is -0.480 e. The number of aromatic nitrogens is 3. The molecule has 1 N–H and O–H groups in total. The fourth-order valence-corrected chi connectivity index (χ4v) is 5.98.